The summed E-state index contributed by atoms with van der Waals surface area (Å²) < 4.78 is 5.45. The summed E-state index contributed by atoms with van der Waals surface area (Å²) in [6, 6.07) is 2.23. The Labute approximate surface area is 105 Å². The first-order valence-electron chi connectivity index (χ1n) is 6.28. The Morgan fingerprint density at radius 3 is 2.18 bits per heavy atom. The number of rotatable bonds is 4. The van der Waals surface area contributed by atoms with Gasteiger partial charge in [0, 0.05) is 0 Å². The van der Waals surface area contributed by atoms with Crippen LogP contribution in [0.1, 0.15) is 42.0 Å². The summed E-state index contributed by atoms with van der Waals surface area (Å²) in [5.74, 6) is 2.00. The van der Waals surface area contributed by atoms with Crippen molar-refractivity contribution in [2.24, 2.45) is 11.7 Å². The molecule has 0 radical (unpaired) electrons. The Kier molecular flexibility index (Phi) is 4.58. The third-order valence-electron chi connectivity index (χ3n) is 3.73. The molecule has 1 atom stereocenters. The largest absolute Gasteiger partial charge is 0.496 e. The van der Waals surface area contributed by atoms with Crippen LogP contribution in [0.25, 0.3) is 0 Å². The van der Waals surface area contributed by atoms with Gasteiger partial charge in [0.2, 0.25) is 0 Å². The molecule has 0 fully saturated rings. The van der Waals surface area contributed by atoms with Crippen LogP contribution in [-0.2, 0) is 0 Å². The molecule has 0 aliphatic rings. The molecular formula is C15H25NO. The number of hydrogen-bond donors (Lipinski definition) is 1. The zero-order chi connectivity index (χ0) is 13.2. The van der Waals surface area contributed by atoms with Crippen LogP contribution in [0.2, 0.25) is 0 Å². The first-order valence-corrected chi connectivity index (χ1v) is 6.28. The monoisotopic (exact) mass is 235 g/mol. The van der Waals surface area contributed by atoms with Gasteiger partial charge in [0.1, 0.15) is 5.75 Å². The van der Waals surface area contributed by atoms with Crippen molar-refractivity contribution in [3.05, 3.63) is 28.3 Å². The molecule has 0 heterocycles. The van der Waals surface area contributed by atoms with E-state index in [4.69, 9.17) is 10.5 Å². The molecule has 0 saturated heterocycles. The molecule has 1 unspecified atom stereocenters. The first-order chi connectivity index (χ1) is 7.93. The summed E-state index contributed by atoms with van der Waals surface area (Å²) in [5, 5.41) is 0. The third kappa shape index (κ3) is 2.63. The van der Waals surface area contributed by atoms with Gasteiger partial charge in [-0.1, -0.05) is 19.9 Å². The molecule has 2 nitrogen and oxygen atoms in total. The maximum Gasteiger partial charge on any atom is 0.124 e. The molecule has 1 aromatic carbocycles. The van der Waals surface area contributed by atoms with Gasteiger partial charge >= 0.3 is 0 Å². The highest BCUT2D eigenvalue weighted by atomic mass is 16.5. The summed E-state index contributed by atoms with van der Waals surface area (Å²) in [4.78, 5) is 0. The van der Waals surface area contributed by atoms with Crippen molar-refractivity contribution in [2.45, 2.75) is 40.5 Å². The van der Waals surface area contributed by atoms with Crippen molar-refractivity contribution in [2.75, 3.05) is 13.7 Å². The number of nitrogens with two attached hydrogens (primary N) is 1. The quantitative estimate of drug-likeness (QED) is 0.869. The molecule has 2 N–H and O–H groups in total. The number of benzene rings is 1. The van der Waals surface area contributed by atoms with E-state index in [0.29, 0.717) is 18.4 Å². The van der Waals surface area contributed by atoms with Gasteiger partial charge in [-0.2, -0.15) is 0 Å². The predicted molar refractivity (Wildman–Crippen MR) is 73.8 cm³/mol. The predicted octanol–water partition coefficient (Wildman–Crippen LogP) is 3.32. The lowest BCUT2D eigenvalue weighted by Crippen LogP contribution is -2.19. The Morgan fingerprint density at radius 2 is 1.76 bits per heavy atom. The smallest absolute Gasteiger partial charge is 0.124 e. The van der Waals surface area contributed by atoms with E-state index in [2.05, 4.69) is 40.7 Å². The molecule has 0 aliphatic heterocycles. The summed E-state index contributed by atoms with van der Waals surface area (Å²) in [6.07, 6.45) is 0. The molecule has 2 heteroatoms. The fourth-order valence-electron chi connectivity index (χ4n) is 2.55. The van der Waals surface area contributed by atoms with Crippen LogP contribution in [0.4, 0.5) is 0 Å². The highest BCUT2D eigenvalue weighted by Crippen LogP contribution is 2.34. The zero-order valence-electron chi connectivity index (χ0n) is 11.9. The average molecular weight is 235 g/mol. The molecule has 0 aliphatic carbocycles. The average Bonchev–Trinajstić information content (AvgIpc) is 2.26. The normalized spacial score (nSPS) is 12.9. The lowest BCUT2D eigenvalue weighted by molar-refractivity contribution is 0.407. The Hall–Kier alpha value is -1.02. The number of aryl methyl sites for hydroxylation is 1. The molecule has 17 heavy (non-hydrogen) atoms. The van der Waals surface area contributed by atoms with E-state index in [1.54, 1.807) is 7.11 Å². The molecular weight excluding hydrogens is 210 g/mol. The van der Waals surface area contributed by atoms with E-state index < -0.39 is 0 Å². The van der Waals surface area contributed by atoms with Gasteiger partial charge in [0.25, 0.3) is 0 Å². The van der Waals surface area contributed by atoms with Crippen molar-refractivity contribution in [1.29, 1.82) is 0 Å². The second kappa shape index (κ2) is 5.54. The molecule has 0 spiro atoms. The van der Waals surface area contributed by atoms with Gasteiger partial charge < -0.3 is 10.5 Å². The van der Waals surface area contributed by atoms with Crippen molar-refractivity contribution >= 4 is 0 Å². The van der Waals surface area contributed by atoms with Crippen molar-refractivity contribution < 1.29 is 4.74 Å². The van der Waals surface area contributed by atoms with Crippen molar-refractivity contribution in [3.63, 3.8) is 0 Å². The van der Waals surface area contributed by atoms with E-state index in [9.17, 15) is 0 Å². The van der Waals surface area contributed by atoms with Crippen LogP contribution >= 0.6 is 0 Å². The van der Waals surface area contributed by atoms with E-state index in [1.807, 2.05) is 0 Å². The van der Waals surface area contributed by atoms with Crippen molar-refractivity contribution in [3.8, 4) is 5.75 Å². The maximum atomic E-state index is 5.91. The lowest BCUT2D eigenvalue weighted by atomic mass is 9.83. The third-order valence-corrected chi connectivity index (χ3v) is 3.73. The van der Waals surface area contributed by atoms with Gasteiger partial charge in [-0.05, 0) is 61.4 Å². The molecule has 0 amide bonds. The zero-order valence-corrected chi connectivity index (χ0v) is 11.9. The van der Waals surface area contributed by atoms with Crippen molar-refractivity contribution in [1.82, 2.24) is 0 Å². The fourth-order valence-corrected chi connectivity index (χ4v) is 2.55. The van der Waals surface area contributed by atoms with Crippen LogP contribution in [-0.4, -0.2) is 13.7 Å². The van der Waals surface area contributed by atoms with E-state index in [-0.39, 0.29) is 0 Å². The molecule has 1 aromatic rings. The minimum Gasteiger partial charge on any atom is -0.496 e. The maximum absolute atomic E-state index is 5.91. The SMILES string of the molecule is COc1c(C)cc(C(CN)C(C)C)c(C)c1C. The fraction of sp³-hybridized carbons (Fsp3) is 0.600. The number of methoxy groups -OCH3 is 1. The van der Waals surface area contributed by atoms with Gasteiger partial charge in [0.05, 0.1) is 7.11 Å². The molecule has 96 valence electrons. The summed E-state index contributed by atoms with van der Waals surface area (Å²) in [7, 11) is 1.73. The molecule has 0 aromatic heterocycles. The second-order valence-corrected chi connectivity index (χ2v) is 5.15. The van der Waals surface area contributed by atoms with Crippen LogP contribution in [0, 0.1) is 26.7 Å². The Bertz CT molecular complexity index is 396. The number of ether oxygens (including phenoxy) is 1. The number of hydrogen-bond acceptors (Lipinski definition) is 2. The van der Waals surface area contributed by atoms with Gasteiger partial charge in [-0.15, -0.1) is 0 Å². The van der Waals surface area contributed by atoms with Gasteiger partial charge in [-0.25, -0.2) is 0 Å². The summed E-state index contributed by atoms with van der Waals surface area (Å²) in [5.41, 5.74) is 11.0. The Balaban J connectivity index is 3.36. The van der Waals surface area contributed by atoms with Gasteiger partial charge in [0.15, 0.2) is 0 Å². The van der Waals surface area contributed by atoms with E-state index in [1.165, 1.54) is 22.3 Å². The highest BCUT2D eigenvalue weighted by molar-refractivity contribution is 5.50. The summed E-state index contributed by atoms with van der Waals surface area (Å²) >= 11 is 0. The first kappa shape index (κ1) is 14.0. The molecule has 1 rings (SSSR count). The van der Waals surface area contributed by atoms with E-state index in [0.717, 1.165) is 5.75 Å². The van der Waals surface area contributed by atoms with Crippen LogP contribution in [0.5, 0.6) is 5.75 Å². The molecule has 0 saturated carbocycles. The van der Waals surface area contributed by atoms with Gasteiger partial charge in [-0.3, -0.25) is 0 Å². The minimum absolute atomic E-state index is 0.429. The summed E-state index contributed by atoms with van der Waals surface area (Å²) in [6.45, 7) is 11.5. The minimum atomic E-state index is 0.429. The van der Waals surface area contributed by atoms with Crippen LogP contribution in [0.3, 0.4) is 0 Å². The van der Waals surface area contributed by atoms with E-state index >= 15 is 0 Å². The molecule has 0 bridgehead atoms. The van der Waals surface area contributed by atoms with Crippen LogP contribution < -0.4 is 10.5 Å². The standard InChI is InChI=1S/C15H25NO/c1-9(2)14(8-16)13-7-10(3)15(17-6)12(5)11(13)4/h7,9,14H,8,16H2,1-6H3. The topological polar surface area (TPSA) is 35.2 Å². The highest BCUT2D eigenvalue weighted by Gasteiger charge is 2.19. The van der Waals surface area contributed by atoms with Crippen LogP contribution in [0.15, 0.2) is 6.07 Å². The second-order valence-electron chi connectivity index (χ2n) is 5.15. The Morgan fingerprint density at radius 1 is 1.18 bits per heavy atom. The lowest BCUT2D eigenvalue weighted by Gasteiger charge is -2.24.